The molecular formula is C15H13N. The first-order valence-electron chi connectivity index (χ1n) is 5.41. The molecule has 0 aliphatic carbocycles. The normalized spacial score (nSPS) is 10.3. The van der Waals surface area contributed by atoms with Crippen LogP contribution in [0.3, 0.4) is 0 Å². The molecule has 0 aliphatic rings. The Kier molecular flexibility index (Phi) is 3.35. The summed E-state index contributed by atoms with van der Waals surface area (Å²) in [5.41, 5.74) is 1.97. The molecule has 2 aromatic rings. The molecule has 0 radical (unpaired) electrons. The van der Waals surface area contributed by atoms with Gasteiger partial charge in [-0.1, -0.05) is 43.0 Å². The molecule has 1 nitrogen and oxygen atoms in total. The molecule has 2 rings (SSSR count). The molecular weight excluding hydrogens is 194 g/mol. The Morgan fingerprint density at radius 1 is 1.31 bits per heavy atom. The van der Waals surface area contributed by atoms with Gasteiger partial charge in [0.2, 0.25) is 0 Å². The number of para-hydroxylation sites is 1. The number of fused-ring (bicyclic) bond motifs is 1. The summed E-state index contributed by atoms with van der Waals surface area (Å²) in [6.45, 7) is 2.09. The van der Waals surface area contributed by atoms with Gasteiger partial charge in [-0.3, -0.25) is 4.98 Å². The van der Waals surface area contributed by atoms with Crippen molar-refractivity contribution in [3.63, 3.8) is 0 Å². The van der Waals surface area contributed by atoms with Crippen LogP contribution in [0.2, 0.25) is 0 Å². The molecule has 0 unspecified atom stereocenters. The highest BCUT2D eigenvalue weighted by Crippen LogP contribution is 2.11. The Morgan fingerprint density at radius 2 is 2.19 bits per heavy atom. The fourth-order valence-corrected chi connectivity index (χ4v) is 1.44. The minimum Gasteiger partial charge on any atom is -0.255 e. The summed E-state index contributed by atoms with van der Waals surface area (Å²) in [7, 11) is 0. The monoisotopic (exact) mass is 207 g/mol. The van der Waals surface area contributed by atoms with E-state index in [-0.39, 0.29) is 0 Å². The van der Waals surface area contributed by atoms with Crippen LogP contribution < -0.4 is 0 Å². The molecule has 0 bridgehead atoms. The van der Waals surface area contributed by atoms with Crippen LogP contribution in [0.1, 0.15) is 18.9 Å². The van der Waals surface area contributed by atoms with Gasteiger partial charge in [-0.2, -0.15) is 0 Å². The summed E-state index contributed by atoms with van der Waals surface area (Å²) >= 11 is 0. The molecule has 0 saturated heterocycles. The summed E-state index contributed by atoms with van der Waals surface area (Å²) < 4.78 is 0. The maximum Gasteiger partial charge on any atom is 0.0702 e. The fourth-order valence-electron chi connectivity index (χ4n) is 1.44. The van der Waals surface area contributed by atoms with Crippen LogP contribution >= 0.6 is 0 Å². The number of pyridine rings is 1. The zero-order valence-electron chi connectivity index (χ0n) is 9.27. The van der Waals surface area contributed by atoms with E-state index in [1.165, 1.54) is 0 Å². The standard InChI is InChI=1S/C15H13N/c1-2-3-4-5-8-13-11-14-9-6-7-10-15(14)16-12-13/h3-4,6-7,9-12H,2H2,1H3/b4-3-. The lowest BCUT2D eigenvalue weighted by Gasteiger charge is -1.95. The number of hydrogen-bond donors (Lipinski definition) is 0. The Labute approximate surface area is 95.8 Å². The lowest BCUT2D eigenvalue weighted by molar-refractivity contribution is 1.23. The maximum atomic E-state index is 4.35. The Balaban J connectivity index is 2.31. The molecule has 0 aliphatic heterocycles. The number of hydrogen-bond acceptors (Lipinski definition) is 1. The second-order valence-corrected chi connectivity index (χ2v) is 3.50. The highest BCUT2D eigenvalue weighted by atomic mass is 14.6. The largest absolute Gasteiger partial charge is 0.255 e. The van der Waals surface area contributed by atoms with E-state index in [9.17, 15) is 0 Å². The molecule has 0 saturated carbocycles. The third kappa shape index (κ3) is 2.49. The summed E-state index contributed by atoms with van der Waals surface area (Å²) in [6.07, 6.45) is 6.76. The second kappa shape index (κ2) is 5.14. The summed E-state index contributed by atoms with van der Waals surface area (Å²) in [5.74, 6) is 6.07. The fraction of sp³-hybridized carbons (Fsp3) is 0.133. The average molecular weight is 207 g/mol. The number of benzene rings is 1. The van der Waals surface area contributed by atoms with Crippen molar-refractivity contribution in [2.24, 2.45) is 0 Å². The van der Waals surface area contributed by atoms with Gasteiger partial charge in [0, 0.05) is 17.1 Å². The van der Waals surface area contributed by atoms with Crippen molar-refractivity contribution < 1.29 is 0 Å². The van der Waals surface area contributed by atoms with Gasteiger partial charge < -0.3 is 0 Å². The van der Waals surface area contributed by atoms with E-state index in [4.69, 9.17) is 0 Å². The quantitative estimate of drug-likeness (QED) is 0.652. The number of nitrogens with zero attached hydrogens (tertiary/aromatic N) is 1. The van der Waals surface area contributed by atoms with Crippen LogP contribution in [-0.4, -0.2) is 4.98 Å². The number of allylic oxidation sites excluding steroid dienone is 2. The number of rotatable bonds is 1. The summed E-state index contributed by atoms with van der Waals surface area (Å²) in [6, 6.07) is 10.1. The number of aromatic nitrogens is 1. The van der Waals surface area contributed by atoms with Gasteiger partial charge in [-0.05, 0) is 24.6 Å². The van der Waals surface area contributed by atoms with E-state index in [0.29, 0.717) is 0 Å². The average Bonchev–Trinajstić information content (AvgIpc) is 2.34. The zero-order chi connectivity index (χ0) is 11.2. The molecule has 0 atom stereocenters. The van der Waals surface area contributed by atoms with E-state index < -0.39 is 0 Å². The highest BCUT2D eigenvalue weighted by Gasteiger charge is 1.93. The first-order valence-corrected chi connectivity index (χ1v) is 5.41. The predicted octanol–water partition coefficient (Wildman–Crippen LogP) is 3.55. The van der Waals surface area contributed by atoms with Gasteiger partial charge in [0.15, 0.2) is 0 Å². The van der Waals surface area contributed by atoms with E-state index in [1.807, 2.05) is 36.5 Å². The van der Waals surface area contributed by atoms with Crippen LogP contribution in [-0.2, 0) is 0 Å². The van der Waals surface area contributed by atoms with Gasteiger partial charge in [0.1, 0.15) is 0 Å². The lowest BCUT2D eigenvalue weighted by atomic mass is 10.1. The van der Waals surface area contributed by atoms with E-state index >= 15 is 0 Å². The van der Waals surface area contributed by atoms with E-state index in [1.54, 1.807) is 0 Å². The first kappa shape index (κ1) is 10.4. The van der Waals surface area contributed by atoms with Crippen LogP contribution in [0.5, 0.6) is 0 Å². The lowest BCUT2D eigenvalue weighted by Crippen LogP contribution is -1.80. The Hall–Kier alpha value is -2.07. The van der Waals surface area contributed by atoms with Gasteiger partial charge >= 0.3 is 0 Å². The van der Waals surface area contributed by atoms with Crippen LogP contribution in [0, 0.1) is 11.8 Å². The minimum absolute atomic E-state index is 0.958. The maximum absolute atomic E-state index is 4.35. The van der Waals surface area contributed by atoms with E-state index in [2.05, 4.69) is 35.9 Å². The van der Waals surface area contributed by atoms with Crippen molar-refractivity contribution in [3.8, 4) is 11.8 Å². The zero-order valence-corrected chi connectivity index (χ0v) is 9.27. The highest BCUT2D eigenvalue weighted by molar-refractivity contribution is 5.79. The smallest absolute Gasteiger partial charge is 0.0702 e. The van der Waals surface area contributed by atoms with Crippen molar-refractivity contribution in [1.82, 2.24) is 4.98 Å². The van der Waals surface area contributed by atoms with Gasteiger partial charge in [-0.15, -0.1) is 0 Å². The molecule has 1 heterocycles. The molecule has 0 N–H and O–H groups in total. The molecule has 78 valence electrons. The van der Waals surface area contributed by atoms with Crippen molar-refractivity contribution in [2.45, 2.75) is 13.3 Å². The van der Waals surface area contributed by atoms with Crippen LogP contribution in [0.25, 0.3) is 10.9 Å². The van der Waals surface area contributed by atoms with Crippen molar-refractivity contribution in [2.75, 3.05) is 0 Å². The molecule has 1 aromatic carbocycles. The minimum atomic E-state index is 0.958. The second-order valence-electron chi connectivity index (χ2n) is 3.50. The van der Waals surface area contributed by atoms with E-state index in [0.717, 1.165) is 22.9 Å². The third-order valence-corrected chi connectivity index (χ3v) is 2.24. The van der Waals surface area contributed by atoms with Gasteiger partial charge in [0.05, 0.1) is 5.52 Å². The van der Waals surface area contributed by atoms with Crippen molar-refractivity contribution >= 4 is 10.9 Å². The molecule has 0 amide bonds. The van der Waals surface area contributed by atoms with Gasteiger partial charge in [0.25, 0.3) is 0 Å². The molecule has 0 fully saturated rings. The first-order chi connectivity index (χ1) is 7.90. The topological polar surface area (TPSA) is 12.9 Å². The van der Waals surface area contributed by atoms with Crippen molar-refractivity contribution in [1.29, 1.82) is 0 Å². The SMILES string of the molecule is CC/C=C\C#Cc1cnc2ccccc2c1. The van der Waals surface area contributed by atoms with Crippen LogP contribution in [0.15, 0.2) is 48.7 Å². The summed E-state index contributed by atoms with van der Waals surface area (Å²) in [4.78, 5) is 4.35. The Bertz CT molecular complexity index is 570. The predicted molar refractivity (Wildman–Crippen MR) is 68.1 cm³/mol. The molecule has 0 spiro atoms. The molecule has 1 heteroatoms. The Morgan fingerprint density at radius 3 is 3.06 bits per heavy atom. The summed E-state index contributed by atoms with van der Waals surface area (Å²) in [5, 5.41) is 1.13. The van der Waals surface area contributed by atoms with Crippen LogP contribution in [0.4, 0.5) is 0 Å². The molecule has 1 aromatic heterocycles. The van der Waals surface area contributed by atoms with Gasteiger partial charge in [-0.25, -0.2) is 0 Å². The van der Waals surface area contributed by atoms with Crippen molar-refractivity contribution in [3.05, 3.63) is 54.2 Å². The third-order valence-electron chi connectivity index (χ3n) is 2.24. The molecule has 16 heavy (non-hydrogen) atoms.